The third-order valence-electron chi connectivity index (χ3n) is 3.35. The summed E-state index contributed by atoms with van der Waals surface area (Å²) in [5, 5.41) is 2.15. The van der Waals surface area contributed by atoms with E-state index in [0.717, 1.165) is 4.90 Å². The zero-order valence-electron chi connectivity index (χ0n) is 11.9. The maximum Gasteiger partial charge on any atom is 0.262 e. The van der Waals surface area contributed by atoms with E-state index in [-0.39, 0.29) is 18.7 Å². The summed E-state index contributed by atoms with van der Waals surface area (Å²) in [6.07, 6.45) is 0.306. The van der Waals surface area contributed by atoms with Crippen LogP contribution in [0.3, 0.4) is 0 Å². The lowest BCUT2D eigenvalue weighted by Crippen LogP contribution is -2.54. The van der Waals surface area contributed by atoms with E-state index in [1.165, 1.54) is 0 Å². The highest BCUT2D eigenvalue weighted by molar-refractivity contribution is 6.23. The van der Waals surface area contributed by atoms with E-state index < -0.39 is 23.8 Å². The quantitative estimate of drug-likeness (QED) is 0.785. The highest BCUT2D eigenvalue weighted by Gasteiger charge is 2.44. The minimum absolute atomic E-state index is 0.129. The summed E-state index contributed by atoms with van der Waals surface area (Å²) in [6.45, 7) is 4.00. The van der Waals surface area contributed by atoms with Crippen molar-refractivity contribution in [3.05, 3.63) is 35.4 Å². The molecule has 1 unspecified atom stereocenters. The van der Waals surface area contributed by atoms with Gasteiger partial charge in [0.2, 0.25) is 11.8 Å². The molecule has 2 heterocycles. The van der Waals surface area contributed by atoms with Crippen LogP contribution in [0.1, 0.15) is 47.4 Å². The van der Waals surface area contributed by atoms with Crippen molar-refractivity contribution in [3.8, 4) is 0 Å². The van der Waals surface area contributed by atoms with Crippen molar-refractivity contribution in [1.82, 2.24) is 10.2 Å². The van der Waals surface area contributed by atoms with Gasteiger partial charge in [-0.15, -0.1) is 0 Å². The van der Waals surface area contributed by atoms with Gasteiger partial charge in [-0.05, 0) is 18.6 Å². The maximum atomic E-state index is 12.2. The highest BCUT2D eigenvalue weighted by Crippen LogP contribution is 2.26. The van der Waals surface area contributed by atoms with Crippen molar-refractivity contribution in [1.29, 1.82) is 0 Å². The van der Waals surface area contributed by atoms with Gasteiger partial charge in [0.25, 0.3) is 11.8 Å². The Balaban J connectivity index is 0.000000774. The number of rotatable bonds is 1. The molecule has 0 aromatic heterocycles. The third kappa shape index (κ3) is 2.44. The molecule has 4 amide bonds. The van der Waals surface area contributed by atoms with Gasteiger partial charge in [-0.1, -0.05) is 26.0 Å². The Morgan fingerprint density at radius 3 is 2.00 bits per heavy atom. The number of benzene rings is 1. The molecule has 0 bridgehead atoms. The van der Waals surface area contributed by atoms with E-state index in [1.807, 2.05) is 13.8 Å². The Labute approximate surface area is 122 Å². The highest BCUT2D eigenvalue weighted by atomic mass is 16.2. The molecule has 2 aliphatic heterocycles. The van der Waals surface area contributed by atoms with Crippen LogP contribution in [0.4, 0.5) is 0 Å². The predicted octanol–water partition coefficient (Wildman–Crippen LogP) is 1.11. The molecule has 21 heavy (non-hydrogen) atoms. The standard InChI is InChI=1S/C13H10N2O4.C2H6/c16-10-6-5-9(11(17)14-10)15-12(18)7-3-1-2-4-8(7)13(15)19;1-2/h1-4,9H,5-6H2,(H,14,16,17);1-2H3. The molecular weight excluding hydrogens is 272 g/mol. The molecule has 1 atom stereocenters. The molecule has 1 aromatic carbocycles. The van der Waals surface area contributed by atoms with Crippen molar-refractivity contribution in [3.63, 3.8) is 0 Å². The average molecular weight is 288 g/mol. The van der Waals surface area contributed by atoms with Crippen LogP contribution < -0.4 is 5.32 Å². The topological polar surface area (TPSA) is 83.6 Å². The second kappa shape index (κ2) is 5.87. The van der Waals surface area contributed by atoms with Crippen molar-refractivity contribution in [2.75, 3.05) is 0 Å². The second-order valence-electron chi connectivity index (χ2n) is 4.49. The van der Waals surface area contributed by atoms with Crippen LogP contribution in [0.2, 0.25) is 0 Å². The van der Waals surface area contributed by atoms with Crippen LogP contribution in [0.25, 0.3) is 0 Å². The Kier molecular flexibility index (Phi) is 4.16. The van der Waals surface area contributed by atoms with Gasteiger partial charge in [-0.3, -0.25) is 29.4 Å². The SMILES string of the molecule is CC.O=C1CCC(N2C(=O)c3ccccc3C2=O)C(=O)N1. The summed E-state index contributed by atoms with van der Waals surface area (Å²) in [5.74, 6) is -1.92. The number of hydrogen-bond donors (Lipinski definition) is 1. The van der Waals surface area contributed by atoms with Gasteiger partial charge >= 0.3 is 0 Å². The summed E-state index contributed by atoms with van der Waals surface area (Å²) in [7, 11) is 0. The van der Waals surface area contributed by atoms with Crippen LogP contribution >= 0.6 is 0 Å². The van der Waals surface area contributed by atoms with E-state index in [4.69, 9.17) is 0 Å². The number of nitrogens with one attached hydrogen (secondary N) is 1. The minimum Gasteiger partial charge on any atom is -0.295 e. The zero-order valence-corrected chi connectivity index (χ0v) is 11.9. The summed E-state index contributed by atoms with van der Waals surface area (Å²) in [5.41, 5.74) is 0.606. The smallest absolute Gasteiger partial charge is 0.262 e. The Morgan fingerprint density at radius 2 is 1.52 bits per heavy atom. The molecular formula is C15H16N2O4. The molecule has 1 saturated heterocycles. The number of fused-ring (bicyclic) bond motifs is 1. The molecule has 0 aliphatic carbocycles. The third-order valence-corrected chi connectivity index (χ3v) is 3.35. The first-order chi connectivity index (χ1) is 10.1. The molecule has 1 N–H and O–H groups in total. The summed E-state index contributed by atoms with van der Waals surface area (Å²) in [4.78, 5) is 48.1. The predicted molar refractivity (Wildman–Crippen MR) is 74.5 cm³/mol. The number of carbonyl (C=O) groups is 4. The summed E-state index contributed by atoms with van der Waals surface area (Å²) >= 11 is 0. The van der Waals surface area contributed by atoms with Gasteiger partial charge in [0.15, 0.2) is 0 Å². The van der Waals surface area contributed by atoms with Crippen LogP contribution in [0, 0.1) is 0 Å². The molecule has 1 aromatic rings. The first kappa shape index (κ1) is 14.9. The number of piperidine rings is 1. The lowest BCUT2D eigenvalue weighted by atomic mass is 10.0. The van der Waals surface area contributed by atoms with Gasteiger partial charge < -0.3 is 0 Å². The van der Waals surface area contributed by atoms with Gasteiger partial charge in [0.1, 0.15) is 6.04 Å². The van der Waals surface area contributed by atoms with Gasteiger partial charge in [0, 0.05) is 6.42 Å². The minimum atomic E-state index is -0.898. The van der Waals surface area contributed by atoms with Gasteiger partial charge in [-0.2, -0.15) is 0 Å². The van der Waals surface area contributed by atoms with E-state index in [2.05, 4.69) is 5.32 Å². The number of carbonyl (C=O) groups excluding carboxylic acids is 4. The van der Waals surface area contributed by atoms with Crippen LogP contribution in [-0.2, 0) is 9.59 Å². The lowest BCUT2D eigenvalue weighted by Gasteiger charge is -2.27. The fraction of sp³-hybridized carbons (Fsp3) is 0.333. The molecule has 0 radical (unpaired) electrons. The fourth-order valence-corrected chi connectivity index (χ4v) is 2.42. The molecule has 6 nitrogen and oxygen atoms in total. The normalized spacial score (nSPS) is 20.7. The van der Waals surface area contributed by atoms with Crippen LogP contribution in [0.5, 0.6) is 0 Å². The number of nitrogens with zero attached hydrogens (tertiary/aromatic N) is 1. The maximum absolute atomic E-state index is 12.2. The monoisotopic (exact) mass is 288 g/mol. The van der Waals surface area contributed by atoms with Crippen molar-refractivity contribution < 1.29 is 19.2 Å². The van der Waals surface area contributed by atoms with Crippen molar-refractivity contribution in [2.24, 2.45) is 0 Å². The van der Waals surface area contributed by atoms with Crippen LogP contribution in [-0.4, -0.2) is 34.6 Å². The Morgan fingerprint density at radius 1 is 1.00 bits per heavy atom. The molecule has 1 fully saturated rings. The molecule has 2 aliphatic rings. The average Bonchev–Trinajstić information content (AvgIpc) is 2.75. The Bertz CT molecular complexity index is 589. The molecule has 6 heteroatoms. The summed E-state index contributed by atoms with van der Waals surface area (Å²) in [6, 6.07) is 5.55. The largest absolute Gasteiger partial charge is 0.295 e. The Hall–Kier alpha value is -2.50. The van der Waals surface area contributed by atoms with Crippen molar-refractivity contribution in [2.45, 2.75) is 32.7 Å². The second-order valence-corrected chi connectivity index (χ2v) is 4.49. The molecule has 0 spiro atoms. The van der Waals surface area contributed by atoms with E-state index in [1.54, 1.807) is 24.3 Å². The van der Waals surface area contributed by atoms with E-state index in [9.17, 15) is 19.2 Å². The number of amides is 4. The fourth-order valence-electron chi connectivity index (χ4n) is 2.42. The van der Waals surface area contributed by atoms with Crippen molar-refractivity contribution >= 4 is 23.6 Å². The summed E-state index contributed by atoms with van der Waals surface area (Å²) < 4.78 is 0. The first-order valence-corrected chi connectivity index (χ1v) is 6.90. The first-order valence-electron chi connectivity index (χ1n) is 6.90. The van der Waals surface area contributed by atoms with Gasteiger partial charge in [-0.25, -0.2) is 0 Å². The molecule has 3 rings (SSSR count). The van der Waals surface area contributed by atoms with E-state index >= 15 is 0 Å². The van der Waals surface area contributed by atoms with Gasteiger partial charge in [0.05, 0.1) is 11.1 Å². The van der Waals surface area contributed by atoms with Crippen LogP contribution in [0.15, 0.2) is 24.3 Å². The lowest BCUT2D eigenvalue weighted by molar-refractivity contribution is -0.136. The molecule has 0 saturated carbocycles. The van der Waals surface area contributed by atoms with E-state index in [0.29, 0.717) is 11.1 Å². The number of imide groups is 2. The zero-order chi connectivity index (χ0) is 15.6. The number of hydrogen-bond acceptors (Lipinski definition) is 4. The molecule has 110 valence electrons.